The summed E-state index contributed by atoms with van der Waals surface area (Å²) in [6, 6.07) is 13.0. The molecule has 0 bridgehead atoms. The number of esters is 1. The van der Waals surface area contributed by atoms with Crippen molar-refractivity contribution >= 4 is 33.5 Å². The van der Waals surface area contributed by atoms with Gasteiger partial charge in [0.15, 0.2) is 6.10 Å². The Morgan fingerprint density at radius 2 is 1.83 bits per heavy atom. The number of carbonyl (C=O) groups is 2. The maximum absolute atomic E-state index is 13.5. The van der Waals surface area contributed by atoms with Gasteiger partial charge in [0.25, 0.3) is 5.91 Å². The first-order valence-electron chi connectivity index (χ1n) is 6.95. The number of anilines is 1. The summed E-state index contributed by atoms with van der Waals surface area (Å²) in [6.07, 6.45) is -0.956. The number of nitrogens with one attached hydrogen (secondary N) is 1. The molecule has 0 aromatic heterocycles. The Morgan fingerprint density at radius 1 is 1.17 bits per heavy atom. The van der Waals surface area contributed by atoms with Crippen molar-refractivity contribution in [2.45, 2.75) is 19.4 Å². The van der Waals surface area contributed by atoms with E-state index in [0.717, 1.165) is 10.0 Å². The molecule has 120 valence electrons. The predicted octanol–water partition coefficient (Wildman–Crippen LogP) is 3.70. The molecular formula is C17H15BrFNO3. The highest BCUT2D eigenvalue weighted by atomic mass is 79.9. The van der Waals surface area contributed by atoms with Crippen molar-refractivity contribution in [1.82, 2.24) is 0 Å². The van der Waals surface area contributed by atoms with Crippen molar-refractivity contribution in [3.8, 4) is 0 Å². The van der Waals surface area contributed by atoms with Gasteiger partial charge >= 0.3 is 5.97 Å². The second kappa shape index (κ2) is 7.87. The highest BCUT2D eigenvalue weighted by Gasteiger charge is 2.19. The Hall–Kier alpha value is -2.21. The van der Waals surface area contributed by atoms with Crippen LogP contribution < -0.4 is 5.32 Å². The van der Waals surface area contributed by atoms with Crippen LogP contribution in [0.15, 0.2) is 53.0 Å². The van der Waals surface area contributed by atoms with Crippen molar-refractivity contribution in [1.29, 1.82) is 0 Å². The van der Waals surface area contributed by atoms with Crippen LogP contribution in [0.5, 0.6) is 0 Å². The lowest BCUT2D eigenvalue weighted by atomic mass is 10.1. The molecule has 23 heavy (non-hydrogen) atoms. The Morgan fingerprint density at radius 3 is 2.48 bits per heavy atom. The minimum absolute atomic E-state index is 0.0494. The van der Waals surface area contributed by atoms with Crippen LogP contribution in [0.2, 0.25) is 0 Å². The summed E-state index contributed by atoms with van der Waals surface area (Å²) in [5.41, 5.74) is 0.827. The molecule has 0 saturated carbocycles. The molecular weight excluding hydrogens is 365 g/mol. The number of hydrogen-bond acceptors (Lipinski definition) is 3. The van der Waals surface area contributed by atoms with Gasteiger partial charge in [0.1, 0.15) is 5.82 Å². The number of halogens is 2. The van der Waals surface area contributed by atoms with Crippen LogP contribution >= 0.6 is 15.9 Å². The standard InChI is InChI=1S/C17H15BrFNO3/c1-11(17(22)20-15-5-3-2-4-14(15)19)23-16(21)10-12-6-8-13(18)9-7-12/h2-9,11H,10H2,1H3,(H,20,22)/t11-/m1/s1. The molecule has 0 aliphatic carbocycles. The van der Waals surface area contributed by atoms with Crippen molar-refractivity contribution in [2.24, 2.45) is 0 Å². The van der Waals surface area contributed by atoms with Gasteiger partial charge in [0.2, 0.25) is 0 Å². The zero-order valence-corrected chi connectivity index (χ0v) is 14.0. The molecule has 0 aliphatic heterocycles. The predicted molar refractivity (Wildman–Crippen MR) is 88.4 cm³/mol. The zero-order chi connectivity index (χ0) is 16.8. The fraction of sp³-hybridized carbons (Fsp3) is 0.176. The molecule has 0 unspecified atom stereocenters. The van der Waals surface area contributed by atoms with E-state index < -0.39 is 23.8 Å². The van der Waals surface area contributed by atoms with Gasteiger partial charge < -0.3 is 10.1 Å². The average molecular weight is 380 g/mol. The van der Waals surface area contributed by atoms with E-state index in [0.29, 0.717) is 0 Å². The number of carbonyl (C=O) groups excluding carboxylic acids is 2. The van der Waals surface area contributed by atoms with Gasteiger partial charge in [-0.1, -0.05) is 40.2 Å². The van der Waals surface area contributed by atoms with Crippen molar-refractivity contribution in [3.05, 3.63) is 64.4 Å². The number of benzene rings is 2. The minimum atomic E-state index is -1.02. The summed E-state index contributed by atoms with van der Waals surface area (Å²) in [4.78, 5) is 23.8. The van der Waals surface area contributed by atoms with Gasteiger partial charge in [-0.05, 0) is 36.8 Å². The smallest absolute Gasteiger partial charge is 0.311 e. The van der Waals surface area contributed by atoms with Gasteiger partial charge in [-0.3, -0.25) is 9.59 Å². The van der Waals surface area contributed by atoms with E-state index in [2.05, 4.69) is 21.2 Å². The fourth-order valence-corrected chi connectivity index (χ4v) is 2.12. The van der Waals surface area contributed by atoms with Crippen molar-refractivity contribution in [3.63, 3.8) is 0 Å². The largest absolute Gasteiger partial charge is 0.452 e. The van der Waals surface area contributed by atoms with Gasteiger partial charge in [-0.25, -0.2) is 4.39 Å². The van der Waals surface area contributed by atoms with Crippen molar-refractivity contribution in [2.75, 3.05) is 5.32 Å². The molecule has 0 spiro atoms. The summed E-state index contributed by atoms with van der Waals surface area (Å²) >= 11 is 3.31. The highest BCUT2D eigenvalue weighted by Crippen LogP contribution is 2.14. The van der Waals surface area contributed by atoms with Crippen molar-refractivity contribution < 1.29 is 18.7 Å². The van der Waals surface area contributed by atoms with Crippen LogP contribution in [0.4, 0.5) is 10.1 Å². The lowest BCUT2D eigenvalue weighted by Crippen LogP contribution is -2.30. The molecule has 4 nitrogen and oxygen atoms in total. The monoisotopic (exact) mass is 379 g/mol. The Kier molecular flexibility index (Phi) is 5.87. The summed E-state index contributed by atoms with van der Waals surface area (Å²) < 4.78 is 19.5. The van der Waals surface area contributed by atoms with Crippen LogP contribution in [0.25, 0.3) is 0 Å². The van der Waals surface area contributed by atoms with Gasteiger partial charge in [0.05, 0.1) is 12.1 Å². The maximum Gasteiger partial charge on any atom is 0.311 e. The van der Waals surface area contributed by atoms with Gasteiger partial charge in [-0.15, -0.1) is 0 Å². The van der Waals surface area contributed by atoms with E-state index in [4.69, 9.17) is 4.74 Å². The number of rotatable bonds is 5. The topological polar surface area (TPSA) is 55.4 Å². The molecule has 1 atom stereocenters. The third kappa shape index (κ3) is 5.17. The molecule has 0 heterocycles. The second-order valence-corrected chi connectivity index (χ2v) is 5.82. The molecule has 0 aliphatic rings. The molecule has 2 aromatic carbocycles. The van der Waals surface area contributed by atoms with E-state index in [1.54, 1.807) is 18.2 Å². The minimum Gasteiger partial charge on any atom is -0.452 e. The number of amides is 1. The number of para-hydroxylation sites is 1. The van der Waals surface area contributed by atoms with Gasteiger partial charge in [-0.2, -0.15) is 0 Å². The van der Waals surface area contributed by atoms with Crippen LogP contribution in [0, 0.1) is 5.82 Å². The first kappa shape index (κ1) is 17.1. The second-order valence-electron chi connectivity index (χ2n) is 4.90. The van der Waals surface area contributed by atoms with Crippen LogP contribution in [-0.4, -0.2) is 18.0 Å². The third-order valence-corrected chi connectivity index (χ3v) is 3.60. The summed E-state index contributed by atoms with van der Waals surface area (Å²) in [5, 5.41) is 2.39. The molecule has 0 radical (unpaired) electrons. The molecule has 2 aromatic rings. The Bertz CT molecular complexity index is 703. The normalized spacial score (nSPS) is 11.6. The van der Waals surface area contributed by atoms with E-state index in [9.17, 15) is 14.0 Å². The summed E-state index contributed by atoms with van der Waals surface area (Å²) in [6.45, 7) is 1.44. The highest BCUT2D eigenvalue weighted by molar-refractivity contribution is 9.10. The van der Waals surface area contributed by atoms with E-state index >= 15 is 0 Å². The molecule has 1 amide bonds. The molecule has 1 N–H and O–H groups in total. The molecule has 0 fully saturated rings. The lowest BCUT2D eigenvalue weighted by molar-refractivity contribution is -0.152. The van der Waals surface area contributed by atoms with Gasteiger partial charge in [0, 0.05) is 4.47 Å². The Balaban J connectivity index is 1.89. The number of hydrogen-bond donors (Lipinski definition) is 1. The van der Waals surface area contributed by atoms with E-state index in [1.165, 1.54) is 25.1 Å². The molecule has 6 heteroatoms. The number of ether oxygens (including phenoxy) is 1. The first-order chi connectivity index (χ1) is 11.0. The SMILES string of the molecule is C[C@@H](OC(=O)Cc1ccc(Br)cc1)C(=O)Nc1ccccc1F. The third-order valence-electron chi connectivity index (χ3n) is 3.07. The first-order valence-corrected chi connectivity index (χ1v) is 7.74. The lowest BCUT2D eigenvalue weighted by Gasteiger charge is -2.14. The molecule has 0 saturated heterocycles. The molecule has 2 rings (SSSR count). The summed E-state index contributed by atoms with van der Waals surface area (Å²) in [7, 11) is 0. The van der Waals surface area contributed by atoms with E-state index in [1.807, 2.05) is 12.1 Å². The quantitative estimate of drug-likeness (QED) is 0.805. The average Bonchev–Trinajstić information content (AvgIpc) is 2.51. The van der Waals surface area contributed by atoms with Crippen LogP contribution in [-0.2, 0) is 20.7 Å². The van der Waals surface area contributed by atoms with E-state index in [-0.39, 0.29) is 12.1 Å². The Labute approximate surface area is 141 Å². The maximum atomic E-state index is 13.5. The summed E-state index contributed by atoms with van der Waals surface area (Å²) in [5.74, 6) is -1.66. The zero-order valence-electron chi connectivity index (χ0n) is 12.4. The van der Waals surface area contributed by atoms with Crippen LogP contribution in [0.1, 0.15) is 12.5 Å². The fourth-order valence-electron chi connectivity index (χ4n) is 1.86. The van der Waals surface area contributed by atoms with Crippen LogP contribution in [0.3, 0.4) is 0 Å².